The summed E-state index contributed by atoms with van der Waals surface area (Å²) >= 11 is 0. The average Bonchev–Trinajstić information content (AvgIpc) is 2.45. The molecular weight excluding hydrogens is 261 g/mol. The number of hydrogen-bond donors (Lipinski definition) is 1. The highest BCUT2D eigenvalue weighted by Crippen LogP contribution is 2.11. The van der Waals surface area contributed by atoms with E-state index >= 15 is 0 Å². The fourth-order valence-corrected chi connectivity index (χ4v) is 1.53. The van der Waals surface area contributed by atoms with Crippen molar-refractivity contribution in [1.29, 1.82) is 0 Å². The molecule has 0 aromatic heterocycles. The Labute approximate surface area is 116 Å². The van der Waals surface area contributed by atoms with E-state index in [-0.39, 0.29) is 19.0 Å². The summed E-state index contributed by atoms with van der Waals surface area (Å²) in [4.78, 5) is 11.4. The van der Waals surface area contributed by atoms with Gasteiger partial charge in [-0.25, -0.2) is 9.18 Å². The van der Waals surface area contributed by atoms with Gasteiger partial charge in [-0.2, -0.15) is 0 Å². The van der Waals surface area contributed by atoms with Gasteiger partial charge in [-0.3, -0.25) is 5.32 Å². The van der Waals surface area contributed by atoms with E-state index in [1.165, 1.54) is 12.1 Å². The summed E-state index contributed by atoms with van der Waals surface area (Å²) in [6.07, 6.45) is -0.556. The Morgan fingerprint density at radius 3 is 2.60 bits per heavy atom. The second-order valence-corrected chi connectivity index (χ2v) is 3.93. The summed E-state index contributed by atoms with van der Waals surface area (Å²) in [6.45, 7) is 0.237. The lowest BCUT2D eigenvalue weighted by Gasteiger charge is -2.08. The molecule has 0 bridgehead atoms. The third kappa shape index (κ3) is 4.61. The molecule has 0 radical (unpaired) electrons. The second-order valence-electron chi connectivity index (χ2n) is 3.93. The molecule has 0 heterocycles. The van der Waals surface area contributed by atoms with Gasteiger partial charge in [-0.05, 0) is 24.3 Å². The highest BCUT2D eigenvalue weighted by Gasteiger charge is 2.02. The van der Waals surface area contributed by atoms with Crippen LogP contribution in [0.15, 0.2) is 54.6 Å². The average molecular weight is 275 g/mol. The van der Waals surface area contributed by atoms with Crippen LogP contribution < -0.4 is 10.1 Å². The Kier molecular flexibility index (Phi) is 4.94. The minimum absolute atomic E-state index is 0.0786. The number of anilines is 1. The van der Waals surface area contributed by atoms with Crippen molar-refractivity contribution < 1.29 is 18.7 Å². The number of amides is 1. The molecule has 0 saturated carbocycles. The summed E-state index contributed by atoms with van der Waals surface area (Å²) < 4.78 is 23.0. The van der Waals surface area contributed by atoms with Crippen LogP contribution in [0.5, 0.6) is 5.75 Å². The summed E-state index contributed by atoms with van der Waals surface area (Å²) in [7, 11) is 0. The van der Waals surface area contributed by atoms with Crippen LogP contribution >= 0.6 is 0 Å². The van der Waals surface area contributed by atoms with E-state index in [4.69, 9.17) is 9.47 Å². The van der Waals surface area contributed by atoms with Crippen molar-refractivity contribution in [3.63, 3.8) is 0 Å². The molecule has 104 valence electrons. The van der Waals surface area contributed by atoms with Gasteiger partial charge in [0.2, 0.25) is 0 Å². The Bertz CT molecular complexity index is 560. The maximum Gasteiger partial charge on any atom is 0.411 e. The predicted molar refractivity (Wildman–Crippen MR) is 73.3 cm³/mol. The first kappa shape index (κ1) is 13.9. The number of hydrogen-bond acceptors (Lipinski definition) is 3. The molecule has 0 aliphatic heterocycles. The van der Waals surface area contributed by atoms with Crippen molar-refractivity contribution in [2.45, 2.75) is 0 Å². The Balaban J connectivity index is 1.67. The maximum absolute atomic E-state index is 12.9. The molecule has 2 rings (SSSR count). The van der Waals surface area contributed by atoms with Crippen LogP contribution in [0.25, 0.3) is 0 Å². The number of ether oxygens (including phenoxy) is 2. The van der Waals surface area contributed by atoms with Crippen molar-refractivity contribution in [2.75, 3.05) is 18.5 Å². The molecule has 2 aromatic rings. The van der Waals surface area contributed by atoms with Gasteiger partial charge >= 0.3 is 6.09 Å². The quantitative estimate of drug-likeness (QED) is 0.850. The first-order valence-electron chi connectivity index (χ1n) is 6.11. The fourth-order valence-electron chi connectivity index (χ4n) is 1.53. The first-order chi connectivity index (χ1) is 9.74. The SMILES string of the molecule is O=C(Nc1ccccc1)OCCOc1cccc(F)c1. The van der Waals surface area contributed by atoms with Crippen LogP contribution in [0.2, 0.25) is 0 Å². The van der Waals surface area contributed by atoms with Crippen LogP contribution in [0.3, 0.4) is 0 Å². The van der Waals surface area contributed by atoms with E-state index in [1.807, 2.05) is 18.2 Å². The molecular formula is C15H14FNO3. The number of rotatable bonds is 5. The van der Waals surface area contributed by atoms with Gasteiger partial charge < -0.3 is 9.47 Å². The summed E-state index contributed by atoms with van der Waals surface area (Å²) in [5.41, 5.74) is 0.656. The van der Waals surface area contributed by atoms with Gasteiger partial charge in [0.15, 0.2) is 0 Å². The van der Waals surface area contributed by atoms with Crippen LogP contribution in [0.4, 0.5) is 14.9 Å². The Hall–Kier alpha value is -2.56. The maximum atomic E-state index is 12.9. The minimum atomic E-state index is -0.556. The number of para-hydroxylation sites is 1. The third-order valence-corrected chi connectivity index (χ3v) is 2.40. The van der Waals surface area contributed by atoms with Gasteiger partial charge in [0.25, 0.3) is 0 Å². The minimum Gasteiger partial charge on any atom is -0.490 e. The fraction of sp³-hybridized carbons (Fsp3) is 0.133. The highest BCUT2D eigenvalue weighted by atomic mass is 19.1. The highest BCUT2D eigenvalue weighted by molar-refractivity contribution is 5.84. The number of carbonyl (C=O) groups excluding carboxylic acids is 1. The van der Waals surface area contributed by atoms with Crippen LogP contribution in [-0.2, 0) is 4.74 Å². The van der Waals surface area contributed by atoms with Gasteiger partial charge in [0, 0.05) is 11.8 Å². The molecule has 0 spiro atoms. The van der Waals surface area contributed by atoms with E-state index in [2.05, 4.69) is 5.32 Å². The van der Waals surface area contributed by atoms with Gasteiger partial charge in [0.05, 0.1) is 0 Å². The molecule has 1 amide bonds. The molecule has 0 fully saturated rings. The molecule has 0 saturated heterocycles. The normalized spacial score (nSPS) is 9.85. The molecule has 0 aliphatic carbocycles. The summed E-state index contributed by atoms with van der Waals surface area (Å²) in [5, 5.41) is 2.57. The lowest BCUT2D eigenvalue weighted by Crippen LogP contribution is -2.17. The monoisotopic (exact) mass is 275 g/mol. The topological polar surface area (TPSA) is 47.6 Å². The number of carbonyl (C=O) groups is 1. The number of nitrogens with one attached hydrogen (secondary N) is 1. The summed E-state index contributed by atoms with van der Waals surface area (Å²) in [5.74, 6) is 0.0299. The molecule has 0 unspecified atom stereocenters. The van der Waals surface area contributed by atoms with Crippen LogP contribution in [-0.4, -0.2) is 19.3 Å². The summed E-state index contributed by atoms with van der Waals surface area (Å²) in [6, 6.07) is 14.8. The molecule has 5 heteroatoms. The van der Waals surface area contributed by atoms with Crippen molar-refractivity contribution in [3.05, 3.63) is 60.4 Å². The number of benzene rings is 2. The van der Waals surface area contributed by atoms with Crippen molar-refractivity contribution >= 4 is 11.8 Å². The van der Waals surface area contributed by atoms with E-state index in [9.17, 15) is 9.18 Å². The molecule has 2 aromatic carbocycles. The van der Waals surface area contributed by atoms with Crippen molar-refractivity contribution in [3.8, 4) is 5.75 Å². The Morgan fingerprint density at radius 2 is 1.85 bits per heavy atom. The standard InChI is InChI=1S/C15H14FNO3/c16-12-5-4-8-14(11-12)19-9-10-20-15(18)17-13-6-2-1-3-7-13/h1-8,11H,9-10H2,(H,17,18). The molecule has 0 atom stereocenters. The zero-order valence-electron chi connectivity index (χ0n) is 10.7. The number of halogens is 1. The van der Waals surface area contributed by atoms with Gasteiger partial charge in [-0.15, -0.1) is 0 Å². The predicted octanol–water partition coefficient (Wildman–Crippen LogP) is 3.45. The molecule has 1 N–H and O–H groups in total. The van der Waals surface area contributed by atoms with Crippen LogP contribution in [0.1, 0.15) is 0 Å². The van der Waals surface area contributed by atoms with E-state index in [0.717, 1.165) is 0 Å². The lowest BCUT2D eigenvalue weighted by molar-refractivity contribution is 0.137. The molecule has 0 aliphatic rings. The van der Waals surface area contributed by atoms with E-state index in [1.54, 1.807) is 24.3 Å². The van der Waals surface area contributed by atoms with Gasteiger partial charge in [-0.1, -0.05) is 24.3 Å². The largest absolute Gasteiger partial charge is 0.490 e. The van der Waals surface area contributed by atoms with E-state index < -0.39 is 6.09 Å². The van der Waals surface area contributed by atoms with Crippen molar-refractivity contribution in [1.82, 2.24) is 0 Å². The molecule has 4 nitrogen and oxygen atoms in total. The molecule has 20 heavy (non-hydrogen) atoms. The second kappa shape index (κ2) is 7.13. The van der Waals surface area contributed by atoms with Gasteiger partial charge in [0.1, 0.15) is 24.8 Å². The van der Waals surface area contributed by atoms with E-state index in [0.29, 0.717) is 11.4 Å². The zero-order valence-corrected chi connectivity index (χ0v) is 10.7. The Morgan fingerprint density at radius 1 is 1.05 bits per heavy atom. The zero-order chi connectivity index (χ0) is 14.2. The smallest absolute Gasteiger partial charge is 0.411 e. The van der Waals surface area contributed by atoms with Crippen molar-refractivity contribution in [2.24, 2.45) is 0 Å². The lowest BCUT2D eigenvalue weighted by atomic mass is 10.3. The third-order valence-electron chi connectivity index (χ3n) is 2.40. The first-order valence-corrected chi connectivity index (χ1v) is 6.11. The van der Waals surface area contributed by atoms with Crippen LogP contribution in [0, 0.1) is 5.82 Å².